The molecule has 54 valence electrons. The third-order valence-corrected chi connectivity index (χ3v) is 1.06. The Hall–Kier alpha value is -0.640. The summed E-state index contributed by atoms with van der Waals surface area (Å²) in [6.45, 7) is 1.92. The molecule has 0 aliphatic carbocycles. The maximum absolute atomic E-state index is 9.76. The Morgan fingerprint density at radius 2 is 2.33 bits per heavy atom. The predicted octanol–water partition coefficient (Wildman–Crippen LogP) is 0.772. The van der Waals surface area contributed by atoms with Crippen molar-refractivity contribution in [3.8, 4) is 0 Å². The maximum Gasteiger partial charge on any atom is 0.312 e. The lowest BCUT2D eigenvalue weighted by Gasteiger charge is -1.98. The summed E-state index contributed by atoms with van der Waals surface area (Å²) < 4.78 is 0. The molecule has 0 saturated heterocycles. The summed E-state index contributed by atoms with van der Waals surface area (Å²) in [6, 6.07) is 0. The summed E-state index contributed by atoms with van der Waals surface area (Å²) >= 11 is 0. The summed E-state index contributed by atoms with van der Waals surface area (Å²) in [5, 5.41) is 18.3. The molecule has 0 aromatic carbocycles. The molecule has 1 N–H and O–H groups in total. The molecule has 0 rings (SSSR count). The Morgan fingerprint density at radius 1 is 1.78 bits per heavy atom. The van der Waals surface area contributed by atoms with Crippen molar-refractivity contribution in [3.63, 3.8) is 0 Å². The lowest BCUT2D eigenvalue weighted by atomic mass is 10.2. The number of hydrogen-bond acceptors (Lipinski definition) is 3. The Labute approximate surface area is 53.6 Å². The summed E-state index contributed by atoms with van der Waals surface area (Å²) in [6.07, 6.45) is 0.501. The zero-order valence-electron chi connectivity index (χ0n) is 5.41. The molecule has 0 fully saturated rings. The van der Waals surface area contributed by atoms with E-state index in [0.29, 0.717) is 6.42 Å². The van der Waals surface area contributed by atoms with Crippen LogP contribution in [0.25, 0.3) is 0 Å². The molecule has 9 heavy (non-hydrogen) atoms. The van der Waals surface area contributed by atoms with Crippen molar-refractivity contribution in [3.05, 3.63) is 10.1 Å². The Morgan fingerprint density at radius 3 is 2.67 bits per heavy atom. The van der Waals surface area contributed by atoms with E-state index in [4.69, 9.17) is 5.11 Å². The fourth-order valence-corrected chi connectivity index (χ4v) is 0.492. The largest absolute Gasteiger partial charge is 0.333 e. The zero-order valence-corrected chi connectivity index (χ0v) is 5.41. The van der Waals surface area contributed by atoms with Gasteiger partial charge in [-0.2, -0.15) is 0 Å². The van der Waals surface area contributed by atoms with Crippen LogP contribution in [0.3, 0.4) is 0 Å². The summed E-state index contributed by atoms with van der Waals surface area (Å²) in [4.78, 5) is 9.09. The zero-order chi connectivity index (χ0) is 7.28. The van der Waals surface area contributed by atoms with Gasteiger partial charge in [-0.05, 0) is 6.42 Å². The Kier molecular flexibility index (Phi) is 3.96. The van der Waals surface area contributed by atoms with E-state index in [0.717, 1.165) is 6.42 Å². The van der Waals surface area contributed by atoms with Gasteiger partial charge in [0.2, 0.25) is 0 Å². The summed E-state index contributed by atoms with van der Waals surface area (Å²) in [5.41, 5.74) is 0. The van der Waals surface area contributed by atoms with Crippen LogP contribution in [0.1, 0.15) is 26.2 Å². The van der Waals surface area contributed by atoms with Crippen LogP contribution < -0.4 is 0 Å². The molecule has 0 amide bonds. The van der Waals surface area contributed by atoms with Crippen LogP contribution in [0, 0.1) is 10.1 Å². The maximum atomic E-state index is 9.76. The third kappa shape index (κ3) is 3.90. The Balaban J connectivity index is 3.27. The number of rotatable bonds is 4. The third-order valence-electron chi connectivity index (χ3n) is 1.06. The van der Waals surface area contributed by atoms with Crippen LogP contribution in [0.5, 0.6) is 0 Å². The smallest absolute Gasteiger partial charge is 0.312 e. The van der Waals surface area contributed by atoms with E-state index in [2.05, 4.69) is 0 Å². The monoisotopic (exact) mass is 133 g/mol. The number of nitro groups is 1. The minimum absolute atomic E-state index is 0.267. The van der Waals surface area contributed by atoms with Crippen molar-refractivity contribution < 1.29 is 10.0 Å². The van der Waals surface area contributed by atoms with Crippen LogP contribution in [-0.4, -0.2) is 16.3 Å². The predicted molar refractivity (Wildman–Crippen MR) is 32.5 cm³/mol. The van der Waals surface area contributed by atoms with Gasteiger partial charge in [-0.1, -0.05) is 13.3 Å². The summed E-state index contributed by atoms with van der Waals surface area (Å²) in [7, 11) is 0. The second kappa shape index (κ2) is 4.26. The van der Waals surface area contributed by atoms with Gasteiger partial charge in [-0.3, -0.25) is 10.1 Å². The number of nitrogens with zero attached hydrogens (tertiary/aromatic N) is 1. The molecule has 0 aliphatic heterocycles. The minimum atomic E-state index is -1.36. The molecule has 0 aliphatic rings. The van der Waals surface area contributed by atoms with E-state index in [1.807, 2.05) is 6.92 Å². The minimum Gasteiger partial charge on any atom is -0.333 e. The number of unbranched alkanes of at least 4 members (excludes halogenated alkanes) is 1. The highest BCUT2D eigenvalue weighted by atomic mass is 16.7. The average Bonchev–Trinajstić information content (AvgIpc) is 1.82. The second-order valence-corrected chi connectivity index (χ2v) is 1.91. The van der Waals surface area contributed by atoms with Crippen molar-refractivity contribution in [2.45, 2.75) is 32.4 Å². The molecular formula is C5H11NO3. The SMILES string of the molecule is CCCCC(O)[N+](=O)[O-]. The van der Waals surface area contributed by atoms with Crippen molar-refractivity contribution in [1.29, 1.82) is 0 Å². The van der Waals surface area contributed by atoms with Gasteiger partial charge >= 0.3 is 6.23 Å². The number of hydrogen-bond donors (Lipinski definition) is 1. The number of aliphatic hydroxyl groups excluding tert-OH is 1. The van der Waals surface area contributed by atoms with Gasteiger partial charge in [0.1, 0.15) is 0 Å². The van der Waals surface area contributed by atoms with Crippen molar-refractivity contribution in [1.82, 2.24) is 0 Å². The van der Waals surface area contributed by atoms with Gasteiger partial charge in [0.15, 0.2) is 0 Å². The van der Waals surface area contributed by atoms with Crippen LogP contribution in [0.4, 0.5) is 0 Å². The lowest BCUT2D eigenvalue weighted by molar-refractivity contribution is -0.571. The molecule has 0 radical (unpaired) electrons. The fraction of sp³-hybridized carbons (Fsp3) is 1.00. The number of aliphatic hydroxyl groups is 1. The lowest BCUT2D eigenvalue weighted by Crippen LogP contribution is -2.17. The van der Waals surface area contributed by atoms with Crippen LogP contribution in [0.2, 0.25) is 0 Å². The van der Waals surface area contributed by atoms with Gasteiger partial charge in [0, 0.05) is 6.42 Å². The second-order valence-electron chi connectivity index (χ2n) is 1.91. The molecule has 0 aromatic heterocycles. The fourth-order valence-electron chi connectivity index (χ4n) is 0.492. The highest BCUT2D eigenvalue weighted by molar-refractivity contribution is 4.39. The van der Waals surface area contributed by atoms with E-state index >= 15 is 0 Å². The van der Waals surface area contributed by atoms with E-state index in [1.165, 1.54) is 0 Å². The van der Waals surface area contributed by atoms with E-state index < -0.39 is 11.2 Å². The molecule has 1 unspecified atom stereocenters. The standard InChI is InChI=1S/C5H11NO3/c1-2-3-4-5(7)6(8)9/h5,7H,2-4H2,1H3. The summed E-state index contributed by atoms with van der Waals surface area (Å²) in [5.74, 6) is 0. The molecule has 0 aromatic rings. The molecule has 0 bridgehead atoms. The van der Waals surface area contributed by atoms with E-state index in [1.54, 1.807) is 0 Å². The van der Waals surface area contributed by atoms with Gasteiger partial charge in [-0.25, -0.2) is 0 Å². The molecule has 4 nitrogen and oxygen atoms in total. The molecular weight excluding hydrogens is 122 g/mol. The molecule has 0 heterocycles. The van der Waals surface area contributed by atoms with E-state index in [9.17, 15) is 10.1 Å². The van der Waals surface area contributed by atoms with E-state index in [-0.39, 0.29) is 6.42 Å². The van der Waals surface area contributed by atoms with Gasteiger partial charge in [-0.15, -0.1) is 0 Å². The normalized spacial score (nSPS) is 13.1. The average molecular weight is 133 g/mol. The van der Waals surface area contributed by atoms with Crippen LogP contribution in [-0.2, 0) is 0 Å². The van der Waals surface area contributed by atoms with Crippen molar-refractivity contribution in [2.75, 3.05) is 0 Å². The van der Waals surface area contributed by atoms with Crippen molar-refractivity contribution in [2.24, 2.45) is 0 Å². The highest BCUT2D eigenvalue weighted by Crippen LogP contribution is 1.99. The van der Waals surface area contributed by atoms with Crippen LogP contribution >= 0.6 is 0 Å². The van der Waals surface area contributed by atoms with Gasteiger partial charge in [0.25, 0.3) is 0 Å². The molecule has 1 atom stereocenters. The molecule has 4 heteroatoms. The first-order valence-corrected chi connectivity index (χ1v) is 3.00. The first-order valence-electron chi connectivity index (χ1n) is 3.00. The first-order chi connectivity index (χ1) is 4.18. The molecule has 0 saturated carbocycles. The van der Waals surface area contributed by atoms with Crippen molar-refractivity contribution >= 4 is 0 Å². The highest BCUT2D eigenvalue weighted by Gasteiger charge is 2.12. The van der Waals surface area contributed by atoms with Crippen LogP contribution in [0.15, 0.2) is 0 Å². The Bertz CT molecular complexity index is 94.2. The quantitative estimate of drug-likeness (QED) is 0.350. The first kappa shape index (κ1) is 8.36. The molecule has 0 spiro atoms. The van der Waals surface area contributed by atoms with Gasteiger partial charge < -0.3 is 5.11 Å². The topological polar surface area (TPSA) is 63.4 Å². The van der Waals surface area contributed by atoms with Gasteiger partial charge in [0.05, 0.1) is 4.92 Å².